The van der Waals surface area contributed by atoms with E-state index in [1.807, 2.05) is 62.4 Å². The SMILES string of the molecule is Cc1cccc(C(=O)N/N=C2\CCCc3oc(C(=O)N(C)Cc4ccccc4)c(C)c32)c1. The molecular weight excluding hydrogens is 402 g/mol. The molecule has 1 aliphatic carbocycles. The molecule has 6 heteroatoms. The van der Waals surface area contributed by atoms with E-state index in [1.165, 1.54) is 0 Å². The Balaban J connectivity index is 1.55. The van der Waals surface area contributed by atoms with Gasteiger partial charge in [0.25, 0.3) is 11.8 Å². The summed E-state index contributed by atoms with van der Waals surface area (Å²) in [7, 11) is 1.77. The monoisotopic (exact) mass is 429 g/mol. The van der Waals surface area contributed by atoms with Crippen LogP contribution in [0.5, 0.6) is 0 Å². The van der Waals surface area contributed by atoms with E-state index in [2.05, 4.69) is 10.5 Å². The Labute approximate surface area is 187 Å². The number of nitrogens with one attached hydrogen (secondary N) is 1. The third-order valence-electron chi connectivity index (χ3n) is 5.70. The lowest BCUT2D eigenvalue weighted by molar-refractivity contribution is 0.0750. The molecule has 0 spiro atoms. The van der Waals surface area contributed by atoms with E-state index in [1.54, 1.807) is 18.0 Å². The number of hydrogen-bond donors (Lipinski definition) is 1. The van der Waals surface area contributed by atoms with Crippen molar-refractivity contribution in [3.8, 4) is 0 Å². The van der Waals surface area contributed by atoms with Crippen LogP contribution in [0.1, 0.15) is 61.8 Å². The van der Waals surface area contributed by atoms with Gasteiger partial charge >= 0.3 is 0 Å². The maximum absolute atomic E-state index is 13.1. The minimum atomic E-state index is -0.256. The van der Waals surface area contributed by atoms with Gasteiger partial charge in [-0.2, -0.15) is 5.10 Å². The molecule has 1 aliphatic rings. The van der Waals surface area contributed by atoms with Gasteiger partial charge in [-0.3, -0.25) is 9.59 Å². The lowest BCUT2D eigenvalue weighted by Crippen LogP contribution is -2.26. The summed E-state index contributed by atoms with van der Waals surface area (Å²) < 4.78 is 6.01. The summed E-state index contributed by atoms with van der Waals surface area (Å²) in [6, 6.07) is 17.2. The van der Waals surface area contributed by atoms with Gasteiger partial charge in [0.2, 0.25) is 0 Å². The molecule has 0 radical (unpaired) electrons. The fraction of sp³-hybridized carbons (Fsp3) is 0.269. The highest BCUT2D eigenvalue weighted by Gasteiger charge is 2.29. The van der Waals surface area contributed by atoms with E-state index in [4.69, 9.17) is 4.42 Å². The van der Waals surface area contributed by atoms with Gasteiger partial charge in [0.15, 0.2) is 5.76 Å². The van der Waals surface area contributed by atoms with Crippen molar-refractivity contribution in [1.29, 1.82) is 0 Å². The molecule has 2 amide bonds. The Morgan fingerprint density at radius 3 is 2.59 bits per heavy atom. The van der Waals surface area contributed by atoms with E-state index in [-0.39, 0.29) is 11.8 Å². The summed E-state index contributed by atoms with van der Waals surface area (Å²) in [4.78, 5) is 27.3. The van der Waals surface area contributed by atoms with Crippen LogP contribution in [0, 0.1) is 13.8 Å². The van der Waals surface area contributed by atoms with Crippen LogP contribution in [-0.4, -0.2) is 29.5 Å². The van der Waals surface area contributed by atoms with Crippen molar-refractivity contribution in [2.75, 3.05) is 7.05 Å². The molecule has 164 valence electrons. The van der Waals surface area contributed by atoms with Crippen LogP contribution in [0.3, 0.4) is 0 Å². The molecule has 0 saturated heterocycles. The molecule has 2 aromatic carbocycles. The molecule has 0 saturated carbocycles. The summed E-state index contributed by atoms with van der Waals surface area (Å²) in [6.45, 7) is 4.32. The zero-order chi connectivity index (χ0) is 22.7. The second-order valence-corrected chi connectivity index (χ2v) is 8.22. The Bertz CT molecular complexity index is 1180. The summed E-state index contributed by atoms with van der Waals surface area (Å²) >= 11 is 0. The molecule has 0 fully saturated rings. The van der Waals surface area contributed by atoms with Crippen molar-refractivity contribution in [3.63, 3.8) is 0 Å². The number of fused-ring (bicyclic) bond motifs is 1. The van der Waals surface area contributed by atoms with E-state index in [0.717, 1.165) is 53.0 Å². The summed E-state index contributed by atoms with van der Waals surface area (Å²) in [5.74, 6) is 0.680. The summed E-state index contributed by atoms with van der Waals surface area (Å²) in [6.07, 6.45) is 2.32. The van der Waals surface area contributed by atoms with Crippen LogP contribution in [0.2, 0.25) is 0 Å². The number of furan rings is 1. The largest absolute Gasteiger partial charge is 0.455 e. The average Bonchev–Trinajstić information content (AvgIpc) is 3.14. The van der Waals surface area contributed by atoms with Gasteiger partial charge in [-0.05, 0) is 44.4 Å². The minimum Gasteiger partial charge on any atom is -0.455 e. The number of carbonyl (C=O) groups excluding carboxylic acids is 2. The van der Waals surface area contributed by atoms with Crippen molar-refractivity contribution >= 4 is 17.5 Å². The molecule has 3 aromatic rings. The first-order chi connectivity index (χ1) is 15.4. The summed E-state index contributed by atoms with van der Waals surface area (Å²) in [5.41, 5.74) is 7.66. The van der Waals surface area contributed by atoms with Crippen LogP contribution < -0.4 is 5.43 Å². The van der Waals surface area contributed by atoms with Gasteiger partial charge in [0.1, 0.15) is 5.76 Å². The highest BCUT2D eigenvalue weighted by molar-refractivity contribution is 6.07. The van der Waals surface area contributed by atoms with Gasteiger partial charge in [-0.25, -0.2) is 5.43 Å². The first kappa shape index (κ1) is 21.6. The average molecular weight is 430 g/mol. The molecule has 0 aliphatic heterocycles. The molecule has 0 bridgehead atoms. The van der Waals surface area contributed by atoms with Gasteiger partial charge in [-0.1, -0.05) is 48.0 Å². The quantitative estimate of drug-likeness (QED) is 0.601. The fourth-order valence-electron chi connectivity index (χ4n) is 4.06. The summed E-state index contributed by atoms with van der Waals surface area (Å²) in [5, 5.41) is 4.41. The van der Waals surface area contributed by atoms with Crippen LogP contribution in [0.15, 0.2) is 64.1 Å². The highest BCUT2D eigenvalue weighted by atomic mass is 16.4. The first-order valence-electron chi connectivity index (χ1n) is 10.8. The van der Waals surface area contributed by atoms with E-state index in [9.17, 15) is 9.59 Å². The van der Waals surface area contributed by atoms with E-state index in [0.29, 0.717) is 17.9 Å². The number of rotatable bonds is 5. The van der Waals surface area contributed by atoms with Gasteiger partial charge < -0.3 is 9.32 Å². The predicted molar refractivity (Wildman–Crippen MR) is 124 cm³/mol. The minimum absolute atomic E-state index is 0.163. The van der Waals surface area contributed by atoms with Crippen LogP contribution in [0.4, 0.5) is 0 Å². The number of hydrogen-bond acceptors (Lipinski definition) is 4. The number of hydrazone groups is 1. The maximum Gasteiger partial charge on any atom is 0.289 e. The normalized spacial score (nSPS) is 14.2. The van der Waals surface area contributed by atoms with Crippen molar-refractivity contribution in [2.45, 2.75) is 39.7 Å². The number of nitrogens with zero attached hydrogens (tertiary/aromatic N) is 2. The fourth-order valence-corrected chi connectivity index (χ4v) is 4.06. The van der Waals surface area contributed by atoms with Crippen molar-refractivity contribution in [2.24, 2.45) is 5.10 Å². The van der Waals surface area contributed by atoms with E-state index < -0.39 is 0 Å². The zero-order valence-corrected chi connectivity index (χ0v) is 18.6. The Morgan fingerprint density at radius 1 is 1.06 bits per heavy atom. The second-order valence-electron chi connectivity index (χ2n) is 8.22. The van der Waals surface area contributed by atoms with Crippen molar-refractivity contribution < 1.29 is 14.0 Å². The standard InChI is InChI=1S/C26H27N3O3/c1-17-9-7-12-20(15-17)25(30)28-27-21-13-8-14-22-23(21)18(2)24(32-22)26(31)29(3)16-19-10-5-4-6-11-19/h4-7,9-12,15H,8,13-14,16H2,1-3H3,(H,28,30)/b27-21+. The van der Waals surface area contributed by atoms with Crippen LogP contribution in [0.25, 0.3) is 0 Å². The zero-order valence-electron chi connectivity index (χ0n) is 18.6. The van der Waals surface area contributed by atoms with Gasteiger partial charge in [-0.15, -0.1) is 0 Å². The van der Waals surface area contributed by atoms with Crippen molar-refractivity contribution in [3.05, 3.63) is 93.9 Å². The third-order valence-corrected chi connectivity index (χ3v) is 5.70. The second kappa shape index (κ2) is 9.22. The molecule has 1 aromatic heterocycles. The third kappa shape index (κ3) is 4.49. The molecule has 0 atom stereocenters. The lowest BCUT2D eigenvalue weighted by Gasteiger charge is -2.16. The smallest absolute Gasteiger partial charge is 0.289 e. The number of carbonyl (C=O) groups is 2. The number of amides is 2. The molecule has 6 nitrogen and oxygen atoms in total. The Hall–Kier alpha value is -3.67. The molecule has 4 rings (SSSR count). The van der Waals surface area contributed by atoms with Gasteiger partial charge in [0, 0.05) is 36.7 Å². The highest BCUT2D eigenvalue weighted by Crippen LogP contribution is 2.30. The topological polar surface area (TPSA) is 74.9 Å². The van der Waals surface area contributed by atoms with Crippen molar-refractivity contribution in [1.82, 2.24) is 10.3 Å². The lowest BCUT2D eigenvalue weighted by atomic mass is 9.93. The molecule has 1 N–H and O–H groups in total. The Kier molecular flexibility index (Phi) is 6.21. The molecule has 32 heavy (non-hydrogen) atoms. The molecule has 0 unspecified atom stereocenters. The van der Waals surface area contributed by atoms with Crippen LogP contribution in [-0.2, 0) is 13.0 Å². The number of aryl methyl sites for hydroxylation is 2. The van der Waals surface area contributed by atoms with Gasteiger partial charge in [0.05, 0.1) is 5.71 Å². The first-order valence-corrected chi connectivity index (χ1v) is 10.8. The Morgan fingerprint density at radius 2 is 1.84 bits per heavy atom. The predicted octanol–water partition coefficient (Wildman–Crippen LogP) is 4.64. The number of benzene rings is 2. The molecule has 1 heterocycles. The maximum atomic E-state index is 13.1. The van der Waals surface area contributed by atoms with Crippen LogP contribution >= 0.6 is 0 Å². The van der Waals surface area contributed by atoms with E-state index >= 15 is 0 Å². The molecular formula is C26H27N3O3.